The van der Waals surface area contributed by atoms with E-state index >= 15 is 0 Å². The molecule has 14 heteroatoms. The molecule has 0 saturated carbocycles. The van der Waals surface area contributed by atoms with Crippen LogP contribution in [0.4, 0.5) is 11.6 Å². The van der Waals surface area contributed by atoms with Crippen LogP contribution in [0, 0.1) is 10.1 Å². The topological polar surface area (TPSA) is 152 Å². The van der Waals surface area contributed by atoms with Gasteiger partial charge in [-0.25, -0.2) is 4.79 Å². The Bertz CT molecular complexity index is 1680. The Morgan fingerprint density at radius 3 is 2.15 bits per heavy atom. The zero-order chi connectivity index (χ0) is 34.0. The van der Waals surface area contributed by atoms with Gasteiger partial charge in [0.05, 0.1) is 37.0 Å². The number of amides is 1. The van der Waals surface area contributed by atoms with Crippen molar-refractivity contribution in [1.29, 1.82) is 0 Å². The minimum atomic E-state index is -0.834. The lowest BCUT2D eigenvalue weighted by molar-refractivity contribution is -0.385. The highest BCUT2D eigenvalue weighted by atomic mass is 35.5. The Kier molecular flexibility index (Phi) is 12.4. The Labute approximate surface area is 275 Å². The molecular formula is C32H33Cl2N3O9. The number of nitro groups is 1. The number of halogens is 2. The number of hydrogen-bond acceptors (Lipinski definition) is 10. The summed E-state index contributed by atoms with van der Waals surface area (Å²) in [5.74, 6) is 0.459. The number of aromatic nitrogens is 1. The number of nitro benzene ring substituents is 1. The largest absolute Gasteiger partial charge is 0.496 e. The van der Waals surface area contributed by atoms with E-state index in [-0.39, 0.29) is 33.3 Å². The first-order valence-corrected chi connectivity index (χ1v) is 14.7. The maximum Gasteiger partial charge on any atom is 0.345 e. The molecule has 1 N–H and O–H groups in total. The van der Waals surface area contributed by atoms with Crippen LogP contribution in [0.25, 0.3) is 0 Å². The molecule has 0 radical (unpaired) electrons. The van der Waals surface area contributed by atoms with Gasteiger partial charge in [0.25, 0.3) is 11.6 Å². The third-order valence-corrected chi connectivity index (χ3v) is 7.80. The summed E-state index contributed by atoms with van der Waals surface area (Å²) in [6.07, 6.45) is 1.87. The normalized spacial score (nSPS) is 10.7. The molecule has 1 heterocycles. The van der Waals surface area contributed by atoms with Crippen molar-refractivity contribution >= 4 is 46.6 Å². The molecule has 244 valence electrons. The molecule has 0 aliphatic carbocycles. The number of benzene rings is 3. The predicted octanol–water partition coefficient (Wildman–Crippen LogP) is 8.50. The van der Waals surface area contributed by atoms with Gasteiger partial charge in [-0.3, -0.25) is 20.2 Å². The maximum absolute atomic E-state index is 12.6. The average molecular weight is 675 g/mol. The summed E-state index contributed by atoms with van der Waals surface area (Å²) in [6.45, 7) is 6.34. The summed E-state index contributed by atoms with van der Waals surface area (Å²) in [5.41, 5.74) is 0.481. The summed E-state index contributed by atoms with van der Waals surface area (Å²) in [6, 6.07) is 15.3. The second-order valence-corrected chi connectivity index (χ2v) is 10.8. The Morgan fingerprint density at radius 2 is 1.61 bits per heavy atom. The lowest BCUT2D eigenvalue weighted by Gasteiger charge is -2.22. The summed E-state index contributed by atoms with van der Waals surface area (Å²) in [4.78, 5) is 34.5. The minimum Gasteiger partial charge on any atom is -0.496 e. The van der Waals surface area contributed by atoms with Crippen molar-refractivity contribution in [2.24, 2.45) is 0 Å². The van der Waals surface area contributed by atoms with Crippen LogP contribution in [-0.4, -0.2) is 43.3 Å². The number of nitrogens with one attached hydrogen (secondary N) is 1. The molecule has 0 unspecified atom stereocenters. The van der Waals surface area contributed by atoms with Gasteiger partial charge in [0.1, 0.15) is 34.1 Å². The molecule has 12 nitrogen and oxygen atoms in total. The number of rotatable bonds is 11. The van der Waals surface area contributed by atoms with Crippen LogP contribution in [0.3, 0.4) is 0 Å². The van der Waals surface area contributed by atoms with E-state index in [9.17, 15) is 19.7 Å². The molecule has 4 rings (SSSR count). The molecule has 4 aromatic rings. The minimum absolute atomic E-state index is 0.0748. The second-order valence-electron chi connectivity index (χ2n) is 9.94. The van der Waals surface area contributed by atoms with E-state index < -0.39 is 10.9 Å². The molecule has 0 fully saturated rings. The third-order valence-electron chi connectivity index (χ3n) is 7.27. The van der Waals surface area contributed by atoms with Crippen molar-refractivity contribution in [2.45, 2.75) is 39.0 Å². The van der Waals surface area contributed by atoms with E-state index in [0.717, 1.165) is 31.7 Å². The smallest absolute Gasteiger partial charge is 0.345 e. The van der Waals surface area contributed by atoms with Gasteiger partial charge in [-0.15, -0.1) is 0 Å². The highest BCUT2D eigenvalue weighted by Gasteiger charge is 2.28. The van der Waals surface area contributed by atoms with E-state index in [1.54, 1.807) is 36.4 Å². The molecule has 0 aliphatic heterocycles. The van der Waals surface area contributed by atoms with Crippen LogP contribution >= 0.6 is 23.2 Å². The highest BCUT2D eigenvalue weighted by Crippen LogP contribution is 2.35. The first kappa shape index (κ1) is 35.7. The highest BCUT2D eigenvalue weighted by molar-refractivity contribution is 6.35. The molecule has 1 amide bonds. The number of ether oxygens (including phenoxy) is 4. The standard InChI is InChI=1S/C18H24N2O4.C14H9Cl2NO5/c1-6-18(3,7-2)14-11-15(24-20-14)19-17(21)16-12(22-4)9-8-10-13(16)23-5;1-21-14(18)10-7-9(3-4-12(10)17(19)20)22-13-5-2-8(15)6-11(13)16/h8-11H,6-7H2,1-5H3,(H,19,21);2-7H,1H3. The predicted molar refractivity (Wildman–Crippen MR) is 173 cm³/mol. The van der Waals surface area contributed by atoms with E-state index in [0.29, 0.717) is 33.7 Å². The van der Waals surface area contributed by atoms with Crippen molar-refractivity contribution in [2.75, 3.05) is 26.6 Å². The van der Waals surface area contributed by atoms with Gasteiger partial charge in [-0.05, 0) is 49.2 Å². The number of anilines is 1. The van der Waals surface area contributed by atoms with Crippen molar-refractivity contribution in [3.05, 3.63) is 97.6 Å². The third kappa shape index (κ3) is 8.46. The SMILES string of the molecule is CCC(C)(CC)c1cc(NC(=O)c2c(OC)cccc2OC)on1.COC(=O)c1cc(Oc2ccc(Cl)cc2Cl)ccc1[N+](=O)[O-]. The van der Waals surface area contributed by atoms with E-state index in [1.165, 1.54) is 32.4 Å². The van der Waals surface area contributed by atoms with E-state index in [4.69, 9.17) is 41.9 Å². The number of carbonyl (C=O) groups is 2. The van der Waals surface area contributed by atoms with Gasteiger partial charge in [-0.2, -0.15) is 0 Å². The summed E-state index contributed by atoms with van der Waals surface area (Å²) in [5, 5.41) is 18.5. The molecular weight excluding hydrogens is 641 g/mol. The molecule has 0 saturated heterocycles. The molecule has 3 aromatic carbocycles. The fourth-order valence-electron chi connectivity index (χ4n) is 4.18. The van der Waals surface area contributed by atoms with Gasteiger partial charge in [0.15, 0.2) is 0 Å². The van der Waals surface area contributed by atoms with Gasteiger partial charge in [0.2, 0.25) is 5.88 Å². The van der Waals surface area contributed by atoms with Gasteiger partial charge in [-0.1, -0.05) is 55.2 Å². The Balaban J connectivity index is 0.000000251. The van der Waals surface area contributed by atoms with Crippen molar-refractivity contribution in [1.82, 2.24) is 5.16 Å². The first-order chi connectivity index (χ1) is 21.9. The molecule has 46 heavy (non-hydrogen) atoms. The number of carbonyl (C=O) groups excluding carboxylic acids is 2. The monoisotopic (exact) mass is 673 g/mol. The lowest BCUT2D eigenvalue weighted by Crippen LogP contribution is -2.19. The van der Waals surface area contributed by atoms with Gasteiger partial charge < -0.3 is 23.5 Å². The zero-order valence-electron chi connectivity index (χ0n) is 26.0. The lowest BCUT2D eigenvalue weighted by atomic mass is 9.81. The molecule has 1 aromatic heterocycles. The summed E-state index contributed by atoms with van der Waals surface area (Å²) < 4.78 is 25.8. The quantitative estimate of drug-likeness (QED) is 0.0931. The molecule has 0 atom stereocenters. The molecule has 0 bridgehead atoms. The van der Waals surface area contributed by atoms with Crippen molar-refractivity contribution in [3.8, 4) is 23.0 Å². The van der Waals surface area contributed by atoms with Crippen LogP contribution < -0.4 is 19.5 Å². The van der Waals surface area contributed by atoms with E-state index in [2.05, 4.69) is 36.0 Å². The van der Waals surface area contributed by atoms with Crippen molar-refractivity contribution < 1.29 is 38.0 Å². The van der Waals surface area contributed by atoms with Crippen LogP contribution in [0.15, 0.2) is 65.2 Å². The van der Waals surface area contributed by atoms with Crippen LogP contribution in [-0.2, 0) is 10.2 Å². The van der Waals surface area contributed by atoms with Crippen LogP contribution in [0.1, 0.15) is 60.0 Å². The van der Waals surface area contributed by atoms with Crippen LogP contribution in [0.2, 0.25) is 10.0 Å². The molecule has 0 aliphatic rings. The van der Waals surface area contributed by atoms with E-state index in [1.807, 2.05) is 0 Å². The fourth-order valence-corrected chi connectivity index (χ4v) is 4.62. The Morgan fingerprint density at radius 1 is 0.957 bits per heavy atom. The summed E-state index contributed by atoms with van der Waals surface area (Å²) in [7, 11) is 4.15. The molecule has 0 spiro atoms. The Hall–Kier alpha value is -4.81. The van der Waals surface area contributed by atoms with Crippen molar-refractivity contribution in [3.63, 3.8) is 0 Å². The number of hydrogen-bond donors (Lipinski definition) is 1. The van der Waals surface area contributed by atoms with Gasteiger partial charge >= 0.3 is 5.97 Å². The van der Waals surface area contributed by atoms with Gasteiger partial charge in [0, 0.05) is 28.6 Å². The van der Waals surface area contributed by atoms with Crippen LogP contribution in [0.5, 0.6) is 23.0 Å². The fraction of sp³-hybridized carbons (Fsp3) is 0.281. The average Bonchev–Trinajstić information content (AvgIpc) is 3.53. The first-order valence-electron chi connectivity index (χ1n) is 13.9. The number of esters is 1. The number of methoxy groups -OCH3 is 3. The summed E-state index contributed by atoms with van der Waals surface area (Å²) >= 11 is 11.8. The second kappa shape index (κ2) is 16.0. The number of nitrogens with zero attached hydrogens (tertiary/aromatic N) is 2. The zero-order valence-corrected chi connectivity index (χ0v) is 27.5. The maximum atomic E-state index is 12.6.